The van der Waals surface area contributed by atoms with Gasteiger partial charge < -0.3 is 15.0 Å². The molecule has 1 aliphatic rings. The summed E-state index contributed by atoms with van der Waals surface area (Å²) in [5.41, 5.74) is 2.31. The van der Waals surface area contributed by atoms with Crippen LogP contribution in [-0.4, -0.2) is 57.1 Å². The normalized spacial score (nSPS) is 14.9. The van der Waals surface area contributed by atoms with Crippen LogP contribution in [0.15, 0.2) is 48.5 Å². The van der Waals surface area contributed by atoms with Crippen LogP contribution in [0.1, 0.15) is 63.5 Å². The minimum absolute atomic E-state index is 0.104. The summed E-state index contributed by atoms with van der Waals surface area (Å²) < 4.78 is 31.9. The van der Waals surface area contributed by atoms with Gasteiger partial charge in [-0.2, -0.15) is 0 Å². The maximum atomic E-state index is 13.8. The van der Waals surface area contributed by atoms with E-state index in [1.165, 1.54) is 11.3 Å². The number of methoxy groups -OCH3 is 1. The van der Waals surface area contributed by atoms with E-state index < -0.39 is 28.5 Å². The van der Waals surface area contributed by atoms with Gasteiger partial charge in [-0.3, -0.25) is 13.9 Å². The van der Waals surface area contributed by atoms with Crippen LogP contribution in [0.4, 0.5) is 5.69 Å². The van der Waals surface area contributed by atoms with Crippen molar-refractivity contribution in [3.8, 4) is 5.75 Å². The molecule has 38 heavy (non-hydrogen) atoms. The molecule has 1 fully saturated rings. The van der Waals surface area contributed by atoms with Gasteiger partial charge in [0.1, 0.15) is 18.3 Å². The number of rotatable bonds is 12. The van der Waals surface area contributed by atoms with Crippen LogP contribution in [-0.2, 0) is 32.6 Å². The molecule has 1 saturated carbocycles. The zero-order valence-corrected chi connectivity index (χ0v) is 23.8. The summed E-state index contributed by atoms with van der Waals surface area (Å²) in [6, 6.07) is 13.8. The van der Waals surface area contributed by atoms with Crippen LogP contribution in [0.25, 0.3) is 0 Å². The van der Waals surface area contributed by atoms with Crippen LogP contribution in [0.5, 0.6) is 5.75 Å². The molecule has 0 spiro atoms. The molecular weight excluding hydrogens is 502 g/mol. The number of hydrogen-bond donors (Lipinski definition) is 1. The van der Waals surface area contributed by atoms with Gasteiger partial charge in [-0.05, 0) is 61.1 Å². The van der Waals surface area contributed by atoms with E-state index in [4.69, 9.17) is 4.74 Å². The van der Waals surface area contributed by atoms with Gasteiger partial charge in [0.15, 0.2) is 0 Å². The molecule has 0 saturated heterocycles. The first-order valence-electron chi connectivity index (χ1n) is 13.5. The maximum Gasteiger partial charge on any atom is 0.244 e. The number of nitrogens with one attached hydrogen (secondary N) is 1. The lowest BCUT2D eigenvalue weighted by Gasteiger charge is -2.34. The maximum absolute atomic E-state index is 13.8. The Kier molecular flexibility index (Phi) is 10.6. The van der Waals surface area contributed by atoms with Gasteiger partial charge >= 0.3 is 0 Å². The minimum Gasteiger partial charge on any atom is -0.497 e. The van der Waals surface area contributed by atoms with Crippen molar-refractivity contribution in [2.75, 3.05) is 24.2 Å². The Labute approximate surface area is 227 Å². The summed E-state index contributed by atoms with van der Waals surface area (Å²) in [5.74, 6) is 0.0587. The molecular formula is C29H41N3O5S. The number of ether oxygens (including phenoxy) is 1. The third-order valence-electron chi connectivity index (χ3n) is 7.16. The molecule has 0 aliphatic heterocycles. The fraction of sp³-hybridized carbons (Fsp3) is 0.517. The topological polar surface area (TPSA) is 96.0 Å². The Balaban J connectivity index is 1.90. The van der Waals surface area contributed by atoms with Crippen molar-refractivity contribution in [1.29, 1.82) is 0 Å². The molecule has 3 rings (SSSR count). The summed E-state index contributed by atoms with van der Waals surface area (Å²) in [5, 5.41) is 3.15. The standard InChI is InChI=1S/C29H41N3O5S/c1-5-22-12-16-25(17-13-22)32(38(4,35)36)21-28(33)31(20-23-14-18-26(37-3)19-15-23)27(6-2)29(34)30-24-10-8-7-9-11-24/h12-19,24,27H,5-11,20-21H2,1-4H3,(H,30,34)/t27-/m0/s1. The number of nitrogens with zero attached hydrogens (tertiary/aromatic N) is 2. The molecule has 8 nitrogen and oxygen atoms in total. The number of carbonyl (C=O) groups is 2. The van der Waals surface area contributed by atoms with E-state index in [2.05, 4.69) is 5.32 Å². The van der Waals surface area contributed by atoms with Gasteiger partial charge in [0.25, 0.3) is 0 Å². The lowest BCUT2D eigenvalue weighted by atomic mass is 9.95. The van der Waals surface area contributed by atoms with Crippen LogP contribution >= 0.6 is 0 Å². The molecule has 1 N–H and O–H groups in total. The second-order valence-electron chi connectivity index (χ2n) is 9.93. The fourth-order valence-electron chi connectivity index (χ4n) is 4.90. The zero-order chi connectivity index (χ0) is 27.7. The predicted molar refractivity (Wildman–Crippen MR) is 151 cm³/mol. The fourth-order valence-corrected chi connectivity index (χ4v) is 5.75. The van der Waals surface area contributed by atoms with E-state index in [-0.39, 0.29) is 18.5 Å². The highest BCUT2D eigenvalue weighted by Crippen LogP contribution is 2.22. The van der Waals surface area contributed by atoms with Crippen molar-refractivity contribution in [2.24, 2.45) is 0 Å². The third-order valence-corrected chi connectivity index (χ3v) is 8.30. The smallest absolute Gasteiger partial charge is 0.244 e. The van der Waals surface area contributed by atoms with Crippen LogP contribution in [0.2, 0.25) is 0 Å². The molecule has 2 amide bonds. The molecule has 0 heterocycles. The molecule has 0 unspecified atom stereocenters. The lowest BCUT2D eigenvalue weighted by Crippen LogP contribution is -2.53. The average molecular weight is 544 g/mol. The van der Waals surface area contributed by atoms with Crippen LogP contribution in [0, 0.1) is 0 Å². The Hall–Kier alpha value is -3.07. The van der Waals surface area contributed by atoms with Crippen molar-refractivity contribution in [3.63, 3.8) is 0 Å². The number of sulfonamides is 1. The van der Waals surface area contributed by atoms with Crippen molar-refractivity contribution >= 4 is 27.5 Å². The first-order valence-corrected chi connectivity index (χ1v) is 15.3. The van der Waals surface area contributed by atoms with E-state index in [1.54, 1.807) is 31.4 Å². The molecule has 2 aromatic carbocycles. The van der Waals surface area contributed by atoms with Crippen molar-refractivity contribution in [3.05, 3.63) is 59.7 Å². The first-order chi connectivity index (χ1) is 18.2. The Bertz CT molecular complexity index is 1160. The number of amides is 2. The van der Waals surface area contributed by atoms with Crippen LogP contribution < -0.4 is 14.4 Å². The molecule has 2 aromatic rings. The molecule has 0 radical (unpaired) electrons. The van der Waals surface area contributed by atoms with Gasteiger partial charge in [-0.1, -0.05) is 57.4 Å². The van der Waals surface area contributed by atoms with Gasteiger partial charge in [0.05, 0.1) is 19.1 Å². The highest BCUT2D eigenvalue weighted by molar-refractivity contribution is 7.92. The van der Waals surface area contributed by atoms with E-state index in [0.717, 1.165) is 53.8 Å². The number of aryl methyl sites for hydroxylation is 1. The number of benzene rings is 2. The zero-order valence-electron chi connectivity index (χ0n) is 23.0. The summed E-state index contributed by atoms with van der Waals surface area (Å²) in [6.07, 6.45) is 7.52. The van der Waals surface area contributed by atoms with E-state index in [0.29, 0.717) is 17.9 Å². The van der Waals surface area contributed by atoms with Crippen molar-refractivity contribution in [1.82, 2.24) is 10.2 Å². The predicted octanol–water partition coefficient (Wildman–Crippen LogP) is 4.28. The van der Waals surface area contributed by atoms with Gasteiger partial charge in [-0.15, -0.1) is 0 Å². The molecule has 1 aliphatic carbocycles. The number of carbonyl (C=O) groups excluding carboxylic acids is 2. The van der Waals surface area contributed by atoms with Crippen LogP contribution in [0.3, 0.4) is 0 Å². The summed E-state index contributed by atoms with van der Waals surface area (Å²) in [7, 11) is -2.17. The molecule has 0 bridgehead atoms. The second-order valence-corrected chi connectivity index (χ2v) is 11.8. The summed E-state index contributed by atoms with van der Waals surface area (Å²) >= 11 is 0. The number of hydrogen-bond acceptors (Lipinski definition) is 5. The van der Waals surface area contributed by atoms with E-state index in [1.807, 2.05) is 38.1 Å². The van der Waals surface area contributed by atoms with Crippen molar-refractivity contribution in [2.45, 2.75) is 77.4 Å². The Morgan fingerprint density at radius 1 is 0.974 bits per heavy atom. The average Bonchev–Trinajstić information content (AvgIpc) is 2.92. The molecule has 0 aromatic heterocycles. The largest absolute Gasteiger partial charge is 0.497 e. The highest BCUT2D eigenvalue weighted by atomic mass is 32.2. The lowest BCUT2D eigenvalue weighted by molar-refractivity contribution is -0.140. The molecule has 9 heteroatoms. The minimum atomic E-state index is -3.75. The van der Waals surface area contributed by atoms with Gasteiger partial charge in [-0.25, -0.2) is 8.42 Å². The quantitative estimate of drug-likeness (QED) is 0.431. The van der Waals surface area contributed by atoms with Crippen molar-refractivity contribution < 1.29 is 22.7 Å². The Morgan fingerprint density at radius 3 is 2.11 bits per heavy atom. The molecule has 208 valence electrons. The summed E-state index contributed by atoms with van der Waals surface area (Å²) in [4.78, 5) is 28.8. The highest BCUT2D eigenvalue weighted by Gasteiger charge is 2.32. The third kappa shape index (κ3) is 7.96. The summed E-state index contributed by atoms with van der Waals surface area (Å²) in [6.45, 7) is 3.67. The van der Waals surface area contributed by atoms with Gasteiger partial charge in [0, 0.05) is 12.6 Å². The van der Waals surface area contributed by atoms with E-state index >= 15 is 0 Å². The number of anilines is 1. The second kappa shape index (κ2) is 13.6. The van der Waals surface area contributed by atoms with Gasteiger partial charge in [0.2, 0.25) is 21.8 Å². The Morgan fingerprint density at radius 2 is 1.58 bits per heavy atom. The SMILES string of the molecule is CCc1ccc(N(CC(=O)N(Cc2ccc(OC)cc2)[C@@H](CC)C(=O)NC2CCCCC2)S(C)(=O)=O)cc1. The first kappa shape index (κ1) is 29.5. The monoisotopic (exact) mass is 543 g/mol. The molecule has 1 atom stereocenters. The van der Waals surface area contributed by atoms with E-state index in [9.17, 15) is 18.0 Å².